The lowest BCUT2D eigenvalue weighted by molar-refractivity contribution is -0.255. The van der Waals surface area contributed by atoms with Crippen molar-refractivity contribution < 1.29 is 34.1 Å². The number of ketones is 2. The Kier molecular flexibility index (Phi) is 4.19. The number of rotatable bonds is 2. The Morgan fingerprint density at radius 1 is 1.20 bits per heavy atom. The van der Waals surface area contributed by atoms with Crippen LogP contribution >= 0.6 is 0 Å². The van der Waals surface area contributed by atoms with Crippen molar-refractivity contribution in [3.63, 3.8) is 0 Å². The number of carbonyl (C=O) groups excluding carboxylic acids is 2. The maximum atomic E-state index is 17.3. The summed E-state index contributed by atoms with van der Waals surface area (Å²) in [5.41, 5.74) is -7.31. The van der Waals surface area contributed by atoms with Crippen molar-refractivity contribution in [2.45, 2.75) is 70.8 Å². The summed E-state index contributed by atoms with van der Waals surface area (Å²) in [6.07, 6.45) is 3.59. The molecule has 4 aliphatic rings. The largest absolute Gasteiger partial charge is 0.475 e. The van der Waals surface area contributed by atoms with Crippen molar-refractivity contribution >= 4 is 17.5 Å². The number of carbonyl (C=O) groups is 3. The van der Waals surface area contributed by atoms with Gasteiger partial charge in [-0.3, -0.25) is 9.59 Å². The standard InChI is InChI=1S/C23H29FO6/c1-12-9-15-20(3)7-5-13-10-14(25)6-8-19(13,2)23(20,24)16(26)11-21(15,4)22(12,30)17(27)18(28)29/h6,8,10,12,15-16,26,30H,5,7,9,11H2,1-4H3,(H,28,29)/t12-,15-,16-,19-,20-,21-,22-,23-/m0/s1. The first-order valence-corrected chi connectivity index (χ1v) is 10.5. The number of aliphatic hydroxyl groups excluding tert-OH is 1. The number of allylic oxidation sites excluding steroid dienone is 4. The lowest BCUT2D eigenvalue weighted by Gasteiger charge is -2.67. The molecule has 0 amide bonds. The maximum Gasteiger partial charge on any atom is 0.375 e. The fourth-order valence-electron chi connectivity index (χ4n) is 7.80. The van der Waals surface area contributed by atoms with Gasteiger partial charge in [-0.1, -0.05) is 32.4 Å². The molecule has 0 aromatic heterocycles. The Morgan fingerprint density at radius 2 is 1.83 bits per heavy atom. The molecule has 164 valence electrons. The molecule has 0 radical (unpaired) electrons. The fraction of sp³-hybridized carbons (Fsp3) is 0.696. The van der Waals surface area contributed by atoms with Crippen LogP contribution in [0.25, 0.3) is 0 Å². The summed E-state index contributed by atoms with van der Waals surface area (Å²) in [7, 11) is 0. The van der Waals surface area contributed by atoms with Crippen LogP contribution in [0.3, 0.4) is 0 Å². The van der Waals surface area contributed by atoms with E-state index in [2.05, 4.69) is 0 Å². The lowest BCUT2D eigenvalue weighted by Crippen LogP contribution is -2.73. The Hall–Kier alpha value is -1.86. The summed E-state index contributed by atoms with van der Waals surface area (Å²) in [4.78, 5) is 36.1. The van der Waals surface area contributed by atoms with E-state index in [1.807, 2.05) is 0 Å². The normalized spacial score (nSPS) is 52.2. The molecule has 8 atom stereocenters. The predicted molar refractivity (Wildman–Crippen MR) is 105 cm³/mol. The maximum absolute atomic E-state index is 17.3. The van der Waals surface area contributed by atoms with Gasteiger partial charge in [0.15, 0.2) is 11.5 Å². The number of hydrogen-bond donors (Lipinski definition) is 3. The van der Waals surface area contributed by atoms with E-state index >= 15 is 4.39 Å². The summed E-state index contributed by atoms with van der Waals surface area (Å²) < 4.78 is 17.3. The highest BCUT2D eigenvalue weighted by atomic mass is 19.1. The molecule has 0 heterocycles. The molecule has 0 aromatic carbocycles. The van der Waals surface area contributed by atoms with Gasteiger partial charge < -0.3 is 15.3 Å². The van der Waals surface area contributed by atoms with Crippen LogP contribution in [-0.4, -0.2) is 50.2 Å². The van der Waals surface area contributed by atoms with E-state index < -0.39 is 57.2 Å². The van der Waals surface area contributed by atoms with E-state index in [0.29, 0.717) is 18.4 Å². The lowest BCUT2D eigenvalue weighted by atomic mass is 9.39. The van der Waals surface area contributed by atoms with Crippen molar-refractivity contribution in [2.24, 2.45) is 28.1 Å². The van der Waals surface area contributed by atoms with Gasteiger partial charge in [0.25, 0.3) is 5.78 Å². The van der Waals surface area contributed by atoms with Crippen LogP contribution in [0, 0.1) is 28.1 Å². The zero-order chi connectivity index (χ0) is 22.5. The van der Waals surface area contributed by atoms with Gasteiger partial charge in [0.05, 0.1) is 6.10 Å². The second-order valence-electron chi connectivity index (χ2n) is 10.5. The van der Waals surface area contributed by atoms with E-state index in [1.165, 1.54) is 12.2 Å². The minimum atomic E-state index is -2.19. The first-order valence-electron chi connectivity index (χ1n) is 10.5. The molecular formula is C23H29FO6. The highest BCUT2D eigenvalue weighted by Crippen LogP contribution is 2.75. The van der Waals surface area contributed by atoms with Crippen LogP contribution in [0.2, 0.25) is 0 Å². The van der Waals surface area contributed by atoms with Gasteiger partial charge in [0.2, 0.25) is 0 Å². The zero-order valence-corrected chi connectivity index (χ0v) is 17.7. The third-order valence-corrected chi connectivity index (χ3v) is 9.39. The van der Waals surface area contributed by atoms with Crippen LogP contribution in [-0.2, 0) is 14.4 Å². The summed E-state index contributed by atoms with van der Waals surface area (Å²) in [5.74, 6) is -4.45. The third kappa shape index (κ3) is 2.03. The highest BCUT2D eigenvalue weighted by Gasteiger charge is 2.80. The molecule has 0 saturated heterocycles. The molecule has 3 saturated carbocycles. The van der Waals surface area contributed by atoms with E-state index in [9.17, 15) is 29.7 Å². The average Bonchev–Trinajstić information content (AvgIpc) is 2.87. The topological polar surface area (TPSA) is 112 Å². The molecule has 3 N–H and O–H groups in total. The molecule has 0 unspecified atom stereocenters. The number of carboxylic acids is 1. The van der Waals surface area contributed by atoms with E-state index in [-0.39, 0.29) is 18.6 Å². The van der Waals surface area contributed by atoms with Crippen molar-refractivity contribution in [3.05, 3.63) is 23.8 Å². The van der Waals surface area contributed by atoms with E-state index in [1.54, 1.807) is 33.8 Å². The number of hydrogen-bond acceptors (Lipinski definition) is 5. The molecule has 0 bridgehead atoms. The minimum absolute atomic E-state index is 0.208. The molecule has 4 aliphatic carbocycles. The van der Waals surface area contributed by atoms with Gasteiger partial charge in [-0.2, -0.15) is 0 Å². The molecule has 4 rings (SSSR count). The Balaban J connectivity index is 1.91. The third-order valence-electron chi connectivity index (χ3n) is 9.39. The summed E-state index contributed by atoms with van der Waals surface area (Å²) in [5, 5.41) is 32.1. The number of Topliss-reactive ketones (excluding diaryl/α,β-unsaturated/α-hetero) is 1. The van der Waals surface area contributed by atoms with Gasteiger partial charge in [-0.15, -0.1) is 0 Å². The quantitative estimate of drug-likeness (QED) is 0.592. The van der Waals surface area contributed by atoms with Crippen LogP contribution < -0.4 is 0 Å². The fourth-order valence-corrected chi connectivity index (χ4v) is 7.80. The number of carboxylic acid groups (broad SMARTS) is 1. The van der Waals surface area contributed by atoms with E-state index in [4.69, 9.17) is 0 Å². The second kappa shape index (κ2) is 5.88. The summed E-state index contributed by atoms with van der Waals surface area (Å²) in [6, 6.07) is 0. The molecule has 0 aromatic rings. The smallest absolute Gasteiger partial charge is 0.375 e. The number of fused-ring (bicyclic) bond motifs is 5. The first kappa shape index (κ1) is 21.4. The van der Waals surface area contributed by atoms with Crippen molar-refractivity contribution in [1.29, 1.82) is 0 Å². The van der Waals surface area contributed by atoms with Crippen LogP contribution in [0.1, 0.15) is 53.4 Å². The first-order chi connectivity index (χ1) is 13.7. The number of halogens is 1. The number of aliphatic hydroxyl groups is 2. The Labute approximate surface area is 174 Å². The predicted octanol–water partition coefficient (Wildman–Crippen LogP) is 2.38. The number of aliphatic carboxylic acids is 1. The molecule has 0 spiro atoms. The Bertz CT molecular complexity index is 925. The minimum Gasteiger partial charge on any atom is -0.475 e. The van der Waals surface area contributed by atoms with Crippen LogP contribution in [0.5, 0.6) is 0 Å². The SMILES string of the molecule is C[C@H]1C[C@H]2[C@]3(C)CCC4=CC(=O)C=C[C@]4(C)[C@@]3(F)[C@@H](O)C[C@]2(C)[C@@]1(O)C(=O)C(=O)O. The Morgan fingerprint density at radius 3 is 2.43 bits per heavy atom. The molecule has 6 nitrogen and oxygen atoms in total. The summed E-state index contributed by atoms with van der Waals surface area (Å²) >= 11 is 0. The molecular weight excluding hydrogens is 391 g/mol. The van der Waals surface area contributed by atoms with E-state index in [0.717, 1.165) is 0 Å². The summed E-state index contributed by atoms with van der Waals surface area (Å²) in [6.45, 7) is 6.67. The van der Waals surface area contributed by atoms with Gasteiger partial charge >= 0.3 is 5.97 Å². The van der Waals surface area contributed by atoms with Gasteiger partial charge in [-0.05, 0) is 56.6 Å². The molecule has 3 fully saturated rings. The van der Waals surface area contributed by atoms with Gasteiger partial charge in [0.1, 0.15) is 5.60 Å². The molecule has 30 heavy (non-hydrogen) atoms. The van der Waals surface area contributed by atoms with Crippen molar-refractivity contribution in [3.8, 4) is 0 Å². The van der Waals surface area contributed by atoms with Gasteiger partial charge in [0, 0.05) is 16.2 Å². The average molecular weight is 420 g/mol. The van der Waals surface area contributed by atoms with Crippen molar-refractivity contribution in [1.82, 2.24) is 0 Å². The van der Waals surface area contributed by atoms with Crippen LogP contribution in [0.4, 0.5) is 4.39 Å². The monoisotopic (exact) mass is 420 g/mol. The van der Waals surface area contributed by atoms with Gasteiger partial charge in [-0.25, -0.2) is 9.18 Å². The molecule has 0 aliphatic heterocycles. The zero-order valence-electron chi connectivity index (χ0n) is 17.7. The highest BCUT2D eigenvalue weighted by molar-refractivity contribution is 6.36. The van der Waals surface area contributed by atoms with Crippen molar-refractivity contribution in [2.75, 3.05) is 0 Å². The second-order valence-corrected chi connectivity index (χ2v) is 10.5. The number of alkyl halides is 1. The van der Waals surface area contributed by atoms with Crippen LogP contribution in [0.15, 0.2) is 23.8 Å². The molecule has 7 heteroatoms.